The zero-order chi connectivity index (χ0) is 34.3. The molecule has 1 aliphatic carbocycles. The predicted octanol–water partition coefficient (Wildman–Crippen LogP) is 4.37. The number of aromatic nitrogens is 3. The van der Waals surface area contributed by atoms with Gasteiger partial charge in [0, 0.05) is 61.9 Å². The van der Waals surface area contributed by atoms with Gasteiger partial charge in [-0.25, -0.2) is 13.4 Å². The quantitative estimate of drug-likeness (QED) is 0.186. The lowest BCUT2D eigenvalue weighted by molar-refractivity contribution is -0.156. The van der Waals surface area contributed by atoms with E-state index >= 15 is 0 Å². The Labute approximate surface area is 283 Å². The third-order valence-electron chi connectivity index (χ3n) is 9.72. The Kier molecular flexibility index (Phi) is 12.0. The van der Waals surface area contributed by atoms with Crippen LogP contribution in [-0.4, -0.2) is 96.7 Å². The van der Waals surface area contributed by atoms with Crippen molar-refractivity contribution in [2.45, 2.75) is 83.4 Å². The molecular weight excluding hydrogens is 632 g/mol. The maximum absolute atomic E-state index is 13.4. The van der Waals surface area contributed by atoms with Crippen LogP contribution in [0.1, 0.15) is 65.2 Å². The Morgan fingerprint density at radius 3 is 2.50 bits per heavy atom. The van der Waals surface area contributed by atoms with E-state index in [2.05, 4.69) is 22.5 Å². The van der Waals surface area contributed by atoms with Crippen LogP contribution in [0.5, 0.6) is 5.75 Å². The lowest BCUT2D eigenvalue weighted by atomic mass is 9.85. The molecule has 1 aliphatic heterocycles. The predicted molar refractivity (Wildman–Crippen MR) is 186 cm³/mol. The summed E-state index contributed by atoms with van der Waals surface area (Å²) in [6.45, 7) is 5.67. The Morgan fingerprint density at radius 1 is 1.06 bits per heavy atom. The topological polar surface area (TPSA) is 145 Å². The van der Waals surface area contributed by atoms with E-state index in [4.69, 9.17) is 14.5 Å². The Morgan fingerprint density at radius 2 is 1.81 bits per heavy atom. The van der Waals surface area contributed by atoms with Crippen LogP contribution in [0.4, 0.5) is 5.95 Å². The molecule has 262 valence electrons. The van der Waals surface area contributed by atoms with Crippen molar-refractivity contribution in [1.82, 2.24) is 24.8 Å². The first-order chi connectivity index (χ1) is 23.1. The first-order valence-electron chi connectivity index (χ1n) is 17.2. The number of rotatable bonds is 14. The van der Waals surface area contributed by atoms with Crippen molar-refractivity contribution >= 4 is 38.6 Å². The van der Waals surface area contributed by atoms with Crippen molar-refractivity contribution in [2.24, 2.45) is 11.8 Å². The number of benzene rings is 1. The molecule has 12 nitrogen and oxygen atoms in total. The van der Waals surface area contributed by atoms with Gasteiger partial charge in [0.25, 0.3) is 0 Å². The third kappa shape index (κ3) is 9.04. The number of carbonyl (C=O) groups excluding carboxylic acids is 2. The second-order valence-corrected chi connectivity index (χ2v) is 15.5. The zero-order valence-electron chi connectivity index (χ0n) is 28.6. The molecule has 2 aromatic heterocycles. The van der Waals surface area contributed by atoms with E-state index in [0.29, 0.717) is 50.7 Å². The number of hydrogen-bond donors (Lipinski definition) is 2. The summed E-state index contributed by atoms with van der Waals surface area (Å²) in [5, 5.41) is 7.50. The van der Waals surface area contributed by atoms with Gasteiger partial charge >= 0.3 is 5.97 Å². The number of nitrogens with one attached hydrogen (secondary N) is 2. The first-order valence-corrected chi connectivity index (χ1v) is 19.3. The molecule has 2 atom stereocenters. The van der Waals surface area contributed by atoms with Crippen molar-refractivity contribution in [3.63, 3.8) is 0 Å². The molecular formula is C35H50N6O6S. The van der Waals surface area contributed by atoms with Gasteiger partial charge in [-0.3, -0.25) is 9.59 Å². The Balaban J connectivity index is 1.10. The lowest BCUT2D eigenvalue weighted by Crippen LogP contribution is -2.47. The zero-order valence-corrected chi connectivity index (χ0v) is 29.4. The van der Waals surface area contributed by atoms with Crippen LogP contribution in [-0.2, 0) is 24.2 Å². The van der Waals surface area contributed by atoms with Crippen molar-refractivity contribution in [1.29, 1.82) is 0 Å². The molecule has 1 saturated heterocycles. The van der Waals surface area contributed by atoms with Gasteiger partial charge < -0.3 is 29.6 Å². The number of piperidine rings is 1. The molecule has 0 radical (unpaired) electrons. The monoisotopic (exact) mass is 682 g/mol. The summed E-state index contributed by atoms with van der Waals surface area (Å²) in [4.78, 5) is 37.3. The van der Waals surface area contributed by atoms with Crippen LogP contribution in [0.15, 0.2) is 42.7 Å². The molecule has 48 heavy (non-hydrogen) atoms. The van der Waals surface area contributed by atoms with Crippen molar-refractivity contribution in [2.75, 3.05) is 44.1 Å². The Hall–Kier alpha value is -3.71. The van der Waals surface area contributed by atoms with Gasteiger partial charge in [0.15, 0.2) is 0 Å². The minimum atomic E-state index is -3.02. The molecule has 1 saturated carbocycles. The minimum absolute atomic E-state index is 0.00232. The molecule has 3 aromatic rings. The molecule has 1 amide bonds. The molecule has 13 heteroatoms. The van der Waals surface area contributed by atoms with Gasteiger partial charge in [0.05, 0.1) is 17.9 Å². The summed E-state index contributed by atoms with van der Waals surface area (Å²) >= 11 is 0. The fourth-order valence-electron chi connectivity index (χ4n) is 6.75. The maximum atomic E-state index is 13.4. The van der Waals surface area contributed by atoms with E-state index < -0.39 is 9.84 Å². The molecule has 2 fully saturated rings. The fourth-order valence-corrected chi connectivity index (χ4v) is 7.39. The largest absolute Gasteiger partial charge is 0.493 e. The van der Waals surface area contributed by atoms with E-state index in [1.807, 2.05) is 52.9 Å². The highest BCUT2D eigenvalue weighted by Gasteiger charge is 2.34. The maximum Gasteiger partial charge on any atom is 0.323 e. The molecule has 5 rings (SSSR count). The van der Waals surface area contributed by atoms with E-state index in [-0.39, 0.29) is 47.7 Å². The van der Waals surface area contributed by atoms with Crippen LogP contribution in [0.3, 0.4) is 0 Å². The number of nitrogens with zero attached hydrogens (tertiary/aromatic N) is 4. The molecule has 0 bridgehead atoms. The van der Waals surface area contributed by atoms with Crippen molar-refractivity contribution in [3.8, 4) is 11.6 Å². The first kappa shape index (κ1) is 35.6. The van der Waals surface area contributed by atoms with Gasteiger partial charge in [-0.1, -0.05) is 26.3 Å². The number of carbonyl (C=O) groups is 2. The van der Waals surface area contributed by atoms with E-state index in [1.165, 1.54) is 6.26 Å². The van der Waals surface area contributed by atoms with Gasteiger partial charge in [-0.15, -0.1) is 0 Å². The SMILES string of the molecule is CCC(C)[C@H](NC)C(=O)OC1CCN(C(=O)C2CCC(Nc3nccc(-n4ccc5c(OCCCS(C)(=O)=O)cccc54)n3)CC2)CC1. The van der Waals surface area contributed by atoms with Gasteiger partial charge in [0.2, 0.25) is 11.9 Å². The highest BCUT2D eigenvalue weighted by Crippen LogP contribution is 2.31. The molecule has 3 heterocycles. The van der Waals surface area contributed by atoms with Crippen molar-refractivity contribution < 1.29 is 27.5 Å². The van der Waals surface area contributed by atoms with E-state index in [1.54, 1.807) is 13.2 Å². The third-order valence-corrected chi connectivity index (χ3v) is 10.8. The number of esters is 1. The average Bonchev–Trinajstić information content (AvgIpc) is 3.52. The molecule has 2 aliphatic rings. The number of likely N-dealkylation sites (N-methyl/N-ethyl adjacent to an activating group) is 1. The van der Waals surface area contributed by atoms with Crippen LogP contribution < -0.4 is 15.4 Å². The summed E-state index contributed by atoms with van der Waals surface area (Å²) in [5.74, 6) is 2.27. The number of sulfone groups is 1. The van der Waals surface area contributed by atoms with E-state index in [9.17, 15) is 18.0 Å². The summed E-state index contributed by atoms with van der Waals surface area (Å²) in [6.07, 6.45) is 10.8. The van der Waals surface area contributed by atoms with Crippen LogP contribution >= 0.6 is 0 Å². The minimum Gasteiger partial charge on any atom is -0.493 e. The number of amides is 1. The highest BCUT2D eigenvalue weighted by atomic mass is 32.2. The van der Waals surface area contributed by atoms with Crippen LogP contribution in [0, 0.1) is 11.8 Å². The summed E-state index contributed by atoms with van der Waals surface area (Å²) in [7, 11) is -1.23. The highest BCUT2D eigenvalue weighted by molar-refractivity contribution is 7.90. The lowest BCUT2D eigenvalue weighted by Gasteiger charge is -2.36. The Bertz CT molecular complexity index is 1650. The smallest absolute Gasteiger partial charge is 0.323 e. The second-order valence-electron chi connectivity index (χ2n) is 13.3. The number of fused-ring (bicyclic) bond motifs is 1. The molecule has 0 spiro atoms. The summed E-state index contributed by atoms with van der Waals surface area (Å²) < 4.78 is 36.6. The average molecular weight is 683 g/mol. The number of hydrogen-bond acceptors (Lipinski definition) is 10. The van der Waals surface area contributed by atoms with E-state index in [0.717, 1.165) is 48.8 Å². The summed E-state index contributed by atoms with van der Waals surface area (Å²) in [6, 6.07) is 9.49. The van der Waals surface area contributed by atoms with Gasteiger partial charge in [-0.2, -0.15) is 4.98 Å². The van der Waals surface area contributed by atoms with Crippen LogP contribution in [0.2, 0.25) is 0 Å². The number of ether oxygens (including phenoxy) is 2. The second kappa shape index (κ2) is 16.1. The van der Waals surface area contributed by atoms with Gasteiger partial charge in [0.1, 0.15) is 33.6 Å². The van der Waals surface area contributed by atoms with Crippen molar-refractivity contribution in [3.05, 3.63) is 42.7 Å². The van der Waals surface area contributed by atoms with Crippen LogP contribution in [0.25, 0.3) is 16.7 Å². The number of anilines is 1. The molecule has 1 unspecified atom stereocenters. The number of likely N-dealkylation sites (tertiary alicyclic amines) is 1. The normalized spacial score (nSPS) is 20.3. The molecule has 1 aromatic carbocycles. The van der Waals surface area contributed by atoms with Gasteiger partial charge in [-0.05, 0) is 69.3 Å². The summed E-state index contributed by atoms with van der Waals surface area (Å²) in [5.41, 5.74) is 0.926. The molecule has 2 N–H and O–H groups in total. The fraction of sp³-hybridized carbons (Fsp3) is 0.600. The standard InChI is InChI=1S/C35H50N6O6S/c1-5-24(2)32(36-3)34(43)47-27-15-19-40(20-16-27)33(42)25-10-12-26(13-11-25)38-35-37-18-14-31(39-35)41-21-17-28-29(41)8-6-9-30(28)46-22-7-23-48(4,44)45/h6,8-9,14,17-18,21,24-27,32,36H,5,7,10-13,15-16,19-20,22-23H2,1-4H3,(H,37,38,39)/t24?,25?,26?,32-/m0/s1.